The average molecular weight is 292 g/mol. The van der Waals surface area contributed by atoms with Crippen LogP contribution < -0.4 is 5.32 Å². The second-order valence-corrected chi connectivity index (χ2v) is 5.28. The van der Waals surface area contributed by atoms with Gasteiger partial charge in [0.1, 0.15) is 6.61 Å². The zero-order valence-electron chi connectivity index (χ0n) is 12.4. The van der Waals surface area contributed by atoms with Gasteiger partial charge in [-0.2, -0.15) is 0 Å². The summed E-state index contributed by atoms with van der Waals surface area (Å²) in [5, 5.41) is 2.86. The quantitative estimate of drug-likeness (QED) is 0.741. The summed E-state index contributed by atoms with van der Waals surface area (Å²) in [6.45, 7) is 2.09. The summed E-state index contributed by atoms with van der Waals surface area (Å²) < 4.78 is 10.9. The van der Waals surface area contributed by atoms with Crippen LogP contribution >= 0.6 is 0 Å². The Morgan fingerprint density at radius 2 is 2.38 bits per heavy atom. The van der Waals surface area contributed by atoms with Crippen molar-refractivity contribution in [1.29, 1.82) is 0 Å². The standard InChI is InChI=1S/C16H24N2O3/c19-16(13-20-12-15-8-2-4-11-21-15)18-10-5-7-14-6-1-3-9-17-14/h1,3,6,9,15H,2,4-5,7-8,10-13H2,(H,18,19). The number of pyridine rings is 1. The maximum absolute atomic E-state index is 11.6. The van der Waals surface area contributed by atoms with E-state index in [2.05, 4.69) is 10.3 Å². The second-order valence-electron chi connectivity index (χ2n) is 5.28. The smallest absolute Gasteiger partial charge is 0.245 e. The SMILES string of the molecule is O=C(COCC1CCCCO1)NCCCc1ccccn1. The van der Waals surface area contributed by atoms with Gasteiger partial charge in [0.05, 0.1) is 12.7 Å². The van der Waals surface area contributed by atoms with Crippen molar-refractivity contribution in [3.63, 3.8) is 0 Å². The summed E-state index contributed by atoms with van der Waals surface area (Å²) >= 11 is 0. The predicted octanol–water partition coefficient (Wildman–Crippen LogP) is 1.72. The molecule has 0 aromatic carbocycles. The fourth-order valence-electron chi connectivity index (χ4n) is 2.32. The van der Waals surface area contributed by atoms with Gasteiger partial charge in [0, 0.05) is 25.0 Å². The number of amides is 1. The lowest BCUT2D eigenvalue weighted by molar-refractivity contribution is -0.127. The molecule has 21 heavy (non-hydrogen) atoms. The molecule has 5 nitrogen and oxygen atoms in total. The van der Waals surface area contributed by atoms with E-state index in [-0.39, 0.29) is 18.6 Å². The molecule has 1 saturated heterocycles. The molecule has 1 aromatic heterocycles. The molecule has 0 bridgehead atoms. The van der Waals surface area contributed by atoms with Crippen molar-refractivity contribution in [2.24, 2.45) is 0 Å². The third-order valence-electron chi connectivity index (χ3n) is 3.47. The molecule has 1 atom stereocenters. The zero-order chi connectivity index (χ0) is 14.8. The fraction of sp³-hybridized carbons (Fsp3) is 0.625. The highest BCUT2D eigenvalue weighted by Crippen LogP contribution is 2.12. The fourth-order valence-corrected chi connectivity index (χ4v) is 2.32. The van der Waals surface area contributed by atoms with Gasteiger partial charge >= 0.3 is 0 Å². The number of nitrogens with one attached hydrogen (secondary N) is 1. The second kappa shape index (κ2) is 9.47. The Hall–Kier alpha value is -1.46. The Balaban J connectivity index is 1.47. The summed E-state index contributed by atoms with van der Waals surface area (Å²) in [7, 11) is 0. The van der Waals surface area contributed by atoms with Gasteiger partial charge in [0.2, 0.25) is 5.91 Å². The van der Waals surface area contributed by atoms with E-state index in [1.807, 2.05) is 18.2 Å². The van der Waals surface area contributed by atoms with Crippen molar-refractivity contribution in [1.82, 2.24) is 10.3 Å². The molecule has 2 rings (SSSR count). The molecule has 0 radical (unpaired) electrons. The maximum Gasteiger partial charge on any atom is 0.245 e. The van der Waals surface area contributed by atoms with Crippen molar-refractivity contribution in [3.8, 4) is 0 Å². The van der Waals surface area contributed by atoms with Crippen LogP contribution in [0.1, 0.15) is 31.4 Å². The van der Waals surface area contributed by atoms with Gasteiger partial charge in [-0.05, 0) is 44.2 Å². The van der Waals surface area contributed by atoms with Crippen LogP contribution in [0.4, 0.5) is 0 Å². The minimum Gasteiger partial charge on any atom is -0.376 e. The van der Waals surface area contributed by atoms with Crippen LogP contribution in [0, 0.1) is 0 Å². The van der Waals surface area contributed by atoms with E-state index in [1.165, 1.54) is 6.42 Å². The summed E-state index contributed by atoms with van der Waals surface area (Å²) in [5.41, 5.74) is 1.05. The topological polar surface area (TPSA) is 60.5 Å². The van der Waals surface area contributed by atoms with Gasteiger partial charge in [-0.15, -0.1) is 0 Å². The van der Waals surface area contributed by atoms with Crippen LogP contribution in [0.2, 0.25) is 0 Å². The maximum atomic E-state index is 11.6. The molecule has 0 saturated carbocycles. The first kappa shape index (κ1) is 15.9. The van der Waals surface area contributed by atoms with Gasteiger partial charge < -0.3 is 14.8 Å². The monoisotopic (exact) mass is 292 g/mol. The van der Waals surface area contributed by atoms with Crippen LogP contribution in [0.5, 0.6) is 0 Å². The van der Waals surface area contributed by atoms with Crippen LogP contribution in [-0.2, 0) is 20.7 Å². The summed E-state index contributed by atoms with van der Waals surface area (Å²) in [5.74, 6) is -0.0631. The van der Waals surface area contributed by atoms with Crippen molar-refractivity contribution in [2.75, 3.05) is 26.4 Å². The Bertz CT molecular complexity index is 405. The van der Waals surface area contributed by atoms with Crippen molar-refractivity contribution < 1.29 is 14.3 Å². The molecule has 1 amide bonds. The van der Waals surface area contributed by atoms with E-state index in [0.717, 1.165) is 38.0 Å². The lowest BCUT2D eigenvalue weighted by Crippen LogP contribution is -2.31. The van der Waals surface area contributed by atoms with Crippen LogP contribution in [0.15, 0.2) is 24.4 Å². The van der Waals surface area contributed by atoms with Crippen molar-refractivity contribution >= 4 is 5.91 Å². The van der Waals surface area contributed by atoms with Crippen LogP contribution in [-0.4, -0.2) is 43.4 Å². The van der Waals surface area contributed by atoms with Gasteiger partial charge in [-0.1, -0.05) is 6.07 Å². The lowest BCUT2D eigenvalue weighted by Gasteiger charge is -2.22. The van der Waals surface area contributed by atoms with Gasteiger partial charge in [0.25, 0.3) is 0 Å². The Morgan fingerprint density at radius 1 is 1.43 bits per heavy atom. The molecule has 1 aliphatic rings. The van der Waals surface area contributed by atoms with Crippen molar-refractivity contribution in [2.45, 2.75) is 38.2 Å². The molecule has 0 spiro atoms. The Labute approximate surface area is 126 Å². The number of aryl methyl sites for hydroxylation is 1. The summed E-state index contributed by atoms with van der Waals surface area (Å²) in [6.07, 6.45) is 7.06. The van der Waals surface area contributed by atoms with Crippen molar-refractivity contribution in [3.05, 3.63) is 30.1 Å². The van der Waals surface area contributed by atoms with Crippen LogP contribution in [0.3, 0.4) is 0 Å². The van der Waals surface area contributed by atoms with Gasteiger partial charge in [-0.3, -0.25) is 9.78 Å². The van der Waals surface area contributed by atoms with E-state index in [1.54, 1.807) is 6.20 Å². The minimum atomic E-state index is -0.0631. The minimum absolute atomic E-state index is 0.0631. The highest BCUT2D eigenvalue weighted by molar-refractivity contribution is 5.77. The molecule has 1 N–H and O–H groups in total. The van der Waals surface area contributed by atoms with E-state index in [4.69, 9.17) is 9.47 Å². The van der Waals surface area contributed by atoms with Gasteiger partial charge in [-0.25, -0.2) is 0 Å². The van der Waals surface area contributed by atoms with Crippen LogP contribution in [0.25, 0.3) is 0 Å². The Kier molecular flexibility index (Phi) is 7.18. The molecule has 2 heterocycles. The molecule has 116 valence electrons. The largest absolute Gasteiger partial charge is 0.376 e. The van der Waals surface area contributed by atoms with E-state index >= 15 is 0 Å². The third-order valence-corrected chi connectivity index (χ3v) is 3.47. The summed E-state index contributed by atoms with van der Waals surface area (Å²) in [4.78, 5) is 15.8. The number of hydrogen-bond donors (Lipinski definition) is 1. The Morgan fingerprint density at radius 3 is 3.14 bits per heavy atom. The normalized spacial score (nSPS) is 18.4. The number of carbonyl (C=O) groups is 1. The lowest BCUT2D eigenvalue weighted by atomic mass is 10.1. The molecule has 1 aromatic rings. The van der Waals surface area contributed by atoms with E-state index in [9.17, 15) is 4.79 Å². The average Bonchev–Trinajstić information content (AvgIpc) is 2.54. The molecule has 1 fully saturated rings. The number of aromatic nitrogens is 1. The highest BCUT2D eigenvalue weighted by Gasteiger charge is 2.14. The first-order valence-electron chi connectivity index (χ1n) is 7.70. The number of nitrogens with zero attached hydrogens (tertiary/aromatic N) is 1. The number of rotatable bonds is 8. The molecule has 1 aliphatic heterocycles. The molecular formula is C16H24N2O3. The molecule has 1 unspecified atom stereocenters. The first-order chi connectivity index (χ1) is 10.3. The number of hydrogen-bond acceptors (Lipinski definition) is 4. The predicted molar refractivity (Wildman–Crippen MR) is 80.0 cm³/mol. The van der Waals surface area contributed by atoms with E-state index in [0.29, 0.717) is 13.2 Å². The zero-order valence-corrected chi connectivity index (χ0v) is 12.4. The van der Waals surface area contributed by atoms with E-state index < -0.39 is 0 Å². The number of carbonyl (C=O) groups excluding carboxylic acids is 1. The molecular weight excluding hydrogens is 268 g/mol. The number of ether oxygens (including phenoxy) is 2. The highest BCUT2D eigenvalue weighted by atomic mass is 16.5. The van der Waals surface area contributed by atoms with Gasteiger partial charge in [0.15, 0.2) is 0 Å². The molecule has 5 heteroatoms. The molecule has 0 aliphatic carbocycles. The third kappa shape index (κ3) is 6.69. The summed E-state index contributed by atoms with van der Waals surface area (Å²) in [6, 6.07) is 5.87. The first-order valence-corrected chi connectivity index (χ1v) is 7.70.